The SMILES string of the molecule is CC(C)C[C@@H](C)N(C)C(=O)c1ccc(-c2ccncc2)[nH]c1=O. The summed E-state index contributed by atoms with van der Waals surface area (Å²) in [7, 11) is 1.74. The third kappa shape index (κ3) is 4.06. The van der Waals surface area contributed by atoms with Gasteiger partial charge in [0.05, 0.1) is 0 Å². The zero-order valence-electron chi connectivity index (χ0n) is 14.0. The molecule has 5 heteroatoms. The second-order valence-electron chi connectivity index (χ2n) is 6.25. The maximum Gasteiger partial charge on any atom is 0.261 e. The van der Waals surface area contributed by atoms with E-state index in [2.05, 4.69) is 23.8 Å². The largest absolute Gasteiger partial charge is 0.339 e. The average Bonchev–Trinajstić information content (AvgIpc) is 2.53. The summed E-state index contributed by atoms with van der Waals surface area (Å²) in [5.41, 5.74) is 1.33. The van der Waals surface area contributed by atoms with Gasteiger partial charge in [-0.2, -0.15) is 0 Å². The topological polar surface area (TPSA) is 66.1 Å². The van der Waals surface area contributed by atoms with Crippen LogP contribution in [0.5, 0.6) is 0 Å². The summed E-state index contributed by atoms with van der Waals surface area (Å²) in [4.78, 5) is 33.2. The van der Waals surface area contributed by atoms with Crippen molar-refractivity contribution < 1.29 is 4.79 Å². The molecule has 5 nitrogen and oxygen atoms in total. The molecule has 0 bridgehead atoms. The van der Waals surface area contributed by atoms with Crippen molar-refractivity contribution in [2.75, 3.05) is 7.05 Å². The number of H-pyrrole nitrogens is 1. The zero-order valence-corrected chi connectivity index (χ0v) is 14.0. The van der Waals surface area contributed by atoms with Crippen molar-refractivity contribution in [1.82, 2.24) is 14.9 Å². The van der Waals surface area contributed by atoms with E-state index >= 15 is 0 Å². The molecule has 0 aromatic carbocycles. The van der Waals surface area contributed by atoms with Gasteiger partial charge >= 0.3 is 0 Å². The van der Waals surface area contributed by atoms with E-state index in [9.17, 15) is 9.59 Å². The van der Waals surface area contributed by atoms with Crippen LogP contribution in [0.25, 0.3) is 11.3 Å². The van der Waals surface area contributed by atoms with E-state index in [0.29, 0.717) is 11.6 Å². The van der Waals surface area contributed by atoms with E-state index < -0.39 is 0 Å². The van der Waals surface area contributed by atoms with Crippen molar-refractivity contribution in [2.45, 2.75) is 33.2 Å². The molecule has 0 saturated carbocycles. The van der Waals surface area contributed by atoms with Gasteiger partial charge < -0.3 is 9.88 Å². The molecular formula is C18H23N3O2. The van der Waals surface area contributed by atoms with Crippen LogP contribution in [-0.4, -0.2) is 33.9 Å². The van der Waals surface area contributed by atoms with E-state index in [-0.39, 0.29) is 23.1 Å². The zero-order chi connectivity index (χ0) is 17.0. The Bertz CT molecular complexity index is 723. The molecule has 1 N–H and O–H groups in total. The van der Waals surface area contributed by atoms with Crippen molar-refractivity contribution >= 4 is 5.91 Å². The first kappa shape index (κ1) is 16.9. The minimum Gasteiger partial charge on any atom is -0.339 e. The summed E-state index contributed by atoms with van der Waals surface area (Å²) in [6.45, 7) is 6.23. The molecule has 0 unspecified atom stereocenters. The van der Waals surface area contributed by atoms with E-state index in [0.717, 1.165) is 12.0 Å². The lowest BCUT2D eigenvalue weighted by molar-refractivity contribution is 0.0726. The second kappa shape index (κ2) is 7.22. The molecule has 0 radical (unpaired) electrons. The van der Waals surface area contributed by atoms with E-state index in [1.165, 1.54) is 0 Å². The number of carbonyl (C=O) groups is 1. The minimum atomic E-state index is -0.368. The van der Waals surface area contributed by atoms with Crippen LogP contribution in [-0.2, 0) is 0 Å². The Morgan fingerprint density at radius 2 is 1.83 bits per heavy atom. The molecule has 0 aliphatic heterocycles. The molecule has 0 aliphatic rings. The van der Waals surface area contributed by atoms with Crippen LogP contribution in [0.3, 0.4) is 0 Å². The lowest BCUT2D eigenvalue weighted by Crippen LogP contribution is -2.38. The molecule has 2 aromatic rings. The summed E-state index contributed by atoms with van der Waals surface area (Å²) in [6, 6.07) is 7.05. The van der Waals surface area contributed by atoms with Gasteiger partial charge in [0.1, 0.15) is 5.56 Å². The molecule has 0 saturated heterocycles. The molecule has 0 spiro atoms. The fourth-order valence-electron chi connectivity index (χ4n) is 2.57. The van der Waals surface area contributed by atoms with Gasteiger partial charge in [0.2, 0.25) is 0 Å². The Morgan fingerprint density at radius 1 is 1.17 bits per heavy atom. The number of nitrogens with one attached hydrogen (secondary N) is 1. The Kier molecular flexibility index (Phi) is 5.32. The number of pyridine rings is 2. The Labute approximate surface area is 136 Å². The minimum absolute atomic E-state index is 0.0850. The van der Waals surface area contributed by atoms with Gasteiger partial charge in [-0.1, -0.05) is 13.8 Å². The van der Waals surface area contributed by atoms with Crippen LogP contribution >= 0.6 is 0 Å². The smallest absolute Gasteiger partial charge is 0.261 e. The Balaban J connectivity index is 2.24. The first-order chi connectivity index (χ1) is 10.9. The monoisotopic (exact) mass is 313 g/mol. The lowest BCUT2D eigenvalue weighted by Gasteiger charge is -2.26. The van der Waals surface area contributed by atoms with Crippen molar-refractivity contribution in [3.8, 4) is 11.3 Å². The van der Waals surface area contributed by atoms with Crippen LogP contribution in [0.1, 0.15) is 37.6 Å². The van der Waals surface area contributed by atoms with Crippen LogP contribution in [0.4, 0.5) is 0 Å². The number of nitrogens with zero attached hydrogens (tertiary/aromatic N) is 2. The summed E-state index contributed by atoms with van der Waals surface area (Å²) in [5, 5.41) is 0. The number of amides is 1. The molecule has 0 fully saturated rings. The number of carbonyl (C=O) groups excluding carboxylic acids is 1. The molecule has 1 amide bonds. The molecule has 1 atom stereocenters. The summed E-state index contributed by atoms with van der Waals surface area (Å²) >= 11 is 0. The first-order valence-corrected chi connectivity index (χ1v) is 7.81. The van der Waals surface area contributed by atoms with Crippen LogP contribution < -0.4 is 5.56 Å². The van der Waals surface area contributed by atoms with E-state index in [4.69, 9.17) is 0 Å². The van der Waals surface area contributed by atoms with E-state index in [1.807, 2.05) is 19.1 Å². The molecule has 0 aliphatic carbocycles. The molecule has 2 aromatic heterocycles. The number of hydrogen-bond acceptors (Lipinski definition) is 3. The van der Waals surface area contributed by atoms with Crippen LogP contribution in [0.2, 0.25) is 0 Å². The van der Waals surface area contributed by atoms with Gasteiger partial charge in [0, 0.05) is 36.7 Å². The number of hydrogen-bond donors (Lipinski definition) is 1. The summed E-state index contributed by atoms with van der Waals surface area (Å²) in [5.74, 6) is 0.244. The molecular weight excluding hydrogens is 290 g/mol. The van der Waals surface area contributed by atoms with Gasteiger partial charge in [-0.15, -0.1) is 0 Å². The molecule has 122 valence electrons. The highest BCUT2D eigenvalue weighted by atomic mass is 16.2. The highest BCUT2D eigenvalue weighted by Gasteiger charge is 2.20. The quantitative estimate of drug-likeness (QED) is 0.923. The van der Waals surface area contributed by atoms with Crippen molar-refractivity contribution in [1.29, 1.82) is 0 Å². The maximum atomic E-state index is 12.5. The third-order valence-electron chi connectivity index (χ3n) is 3.93. The van der Waals surface area contributed by atoms with Crippen LogP contribution in [0.15, 0.2) is 41.5 Å². The average molecular weight is 313 g/mol. The van der Waals surface area contributed by atoms with Crippen molar-refractivity contribution in [2.24, 2.45) is 5.92 Å². The standard InChI is InChI=1S/C18H23N3O2/c1-12(2)11-13(3)21(4)18(23)15-5-6-16(20-17(15)22)14-7-9-19-10-8-14/h5-10,12-13H,11H2,1-4H3,(H,20,22)/t13-/m1/s1. The summed E-state index contributed by atoms with van der Waals surface area (Å²) in [6.07, 6.45) is 4.22. The van der Waals surface area contributed by atoms with Gasteiger partial charge in [-0.3, -0.25) is 14.6 Å². The third-order valence-corrected chi connectivity index (χ3v) is 3.93. The normalized spacial score (nSPS) is 12.2. The highest BCUT2D eigenvalue weighted by molar-refractivity contribution is 5.94. The highest BCUT2D eigenvalue weighted by Crippen LogP contribution is 2.15. The number of aromatic nitrogens is 2. The lowest BCUT2D eigenvalue weighted by atomic mass is 10.0. The van der Waals surface area contributed by atoms with Gasteiger partial charge in [-0.25, -0.2) is 0 Å². The predicted molar refractivity (Wildman–Crippen MR) is 91.3 cm³/mol. The Hall–Kier alpha value is -2.43. The fourth-order valence-corrected chi connectivity index (χ4v) is 2.57. The van der Waals surface area contributed by atoms with Crippen LogP contribution in [0, 0.1) is 5.92 Å². The van der Waals surface area contributed by atoms with Gasteiger partial charge in [0.25, 0.3) is 11.5 Å². The second-order valence-corrected chi connectivity index (χ2v) is 6.25. The number of rotatable bonds is 5. The molecule has 23 heavy (non-hydrogen) atoms. The maximum absolute atomic E-state index is 12.5. The molecule has 2 rings (SSSR count). The predicted octanol–water partition coefficient (Wildman–Crippen LogP) is 2.94. The molecule has 2 heterocycles. The van der Waals surface area contributed by atoms with E-state index in [1.54, 1.807) is 36.5 Å². The first-order valence-electron chi connectivity index (χ1n) is 7.81. The number of aromatic amines is 1. The Morgan fingerprint density at radius 3 is 2.39 bits per heavy atom. The van der Waals surface area contributed by atoms with Crippen molar-refractivity contribution in [3.05, 3.63) is 52.6 Å². The van der Waals surface area contributed by atoms with Crippen molar-refractivity contribution in [3.63, 3.8) is 0 Å². The fraction of sp³-hybridized carbons (Fsp3) is 0.389. The summed E-state index contributed by atoms with van der Waals surface area (Å²) < 4.78 is 0. The van der Waals surface area contributed by atoms with Gasteiger partial charge in [-0.05, 0) is 43.5 Å². The van der Waals surface area contributed by atoms with Gasteiger partial charge in [0.15, 0.2) is 0 Å².